The standard InChI is InChI=1S/C10H18F3NO/c1-4-9(3)7(14)5-8(9)15-6(2)10(11,12)13/h6-8H,4-5,14H2,1-3H3. The first-order chi connectivity index (χ1) is 6.71. The molecular formula is C10H18F3NO. The Labute approximate surface area is 88.0 Å². The van der Waals surface area contributed by atoms with E-state index < -0.39 is 12.3 Å². The highest BCUT2D eigenvalue weighted by molar-refractivity contribution is 5.03. The topological polar surface area (TPSA) is 35.2 Å². The zero-order valence-corrected chi connectivity index (χ0v) is 9.27. The fraction of sp³-hybridized carbons (Fsp3) is 1.00. The summed E-state index contributed by atoms with van der Waals surface area (Å²) >= 11 is 0. The number of hydrogen-bond donors (Lipinski definition) is 1. The molecule has 0 aromatic carbocycles. The maximum Gasteiger partial charge on any atom is 0.414 e. The van der Waals surface area contributed by atoms with E-state index in [1.54, 1.807) is 0 Å². The average Bonchev–Trinajstić information content (AvgIpc) is 2.14. The normalized spacial score (nSPS) is 38.6. The van der Waals surface area contributed by atoms with Crippen molar-refractivity contribution in [3.8, 4) is 0 Å². The Bertz CT molecular complexity index is 231. The monoisotopic (exact) mass is 225 g/mol. The summed E-state index contributed by atoms with van der Waals surface area (Å²) in [5.41, 5.74) is 5.48. The van der Waals surface area contributed by atoms with Gasteiger partial charge in [0, 0.05) is 11.5 Å². The molecule has 1 aliphatic carbocycles. The van der Waals surface area contributed by atoms with Gasteiger partial charge in [-0.05, 0) is 19.8 Å². The van der Waals surface area contributed by atoms with Crippen molar-refractivity contribution >= 4 is 0 Å². The number of alkyl halides is 3. The lowest BCUT2D eigenvalue weighted by molar-refractivity contribution is -0.256. The molecule has 0 saturated heterocycles. The molecule has 0 bridgehead atoms. The molecule has 2 N–H and O–H groups in total. The van der Waals surface area contributed by atoms with Gasteiger partial charge in [-0.3, -0.25) is 0 Å². The first kappa shape index (κ1) is 12.8. The molecular weight excluding hydrogens is 207 g/mol. The molecule has 15 heavy (non-hydrogen) atoms. The molecule has 90 valence electrons. The Morgan fingerprint density at radius 1 is 1.53 bits per heavy atom. The van der Waals surface area contributed by atoms with Crippen molar-refractivity contribution < 1.29 is 17.9 Å². The van der Waals surface area contributed by atoms with Crippen molar-refractivity contribution in [2.45, 2.75) is 58.0 Å². The molecule has 0 radical (unpaired) electrons. The van der Waals surface area contributed by atoms with E-state index in [4.69, 9.17) is 10.5 Å². The van der Waals surface area contributed by atoms with Crippen LogP contribution in [0.25, 0.3) is 0 Å². The summed E-state index contributed by atoms with van der Waals surface area (Å²) in [5.74, 6) is 0. The predicted octanol–water partition coefficient (Wildman–Crippen LogP) is 2.47. The van der Waals surface area contributed by atoms with Gasteiger partial charge in [-0.1, -0.05) is 13.8 Å². The fourth-order valence-corrected chi connectivity index (χ4v) is 1.87. The largest absolute Gasteiger partial charge is 0.414 e. The molecule has 0 amide bonds. The second-order valence-electron chi connectivity index (χ2n) is 4.51. The van der Waals surface area contributed by atoms with Crippen molar-refractivity contribution in [3.63, 3.8) is 0 Å². The Morgan fingerprint density at radius 2 is 2.07 bits per heavy atom. The summed E-state index contributed by atoms with van der Waals surface area (Å²) < 4.78 is 41.8. The van der Waals surface area contributed by atoms with Crippen molar-refractivity contribution in [3.05, 3.63) is 0 Å². The highest BCUT2D eigenvalue weighted by Crippen LogP contribution is 2.46. The SMILES string of the molecule is CCC1(C)C(N)CC1OC(C)C(F)(F)F. The van der Waals surface area contributed by atoms with Crippen LogP contribution in [0.3, 0.4) is 0 Å². The summed E-state index contributed by atoms with van der Waals surface area (Å²) in [7, 11) is 0. The van der Waals surface area contributed by atoms with Gasteiger partial charge < -0.3 is 10.5 Å². The van der Waals surface area contributed by atoms with Crippen molar-refractivity contribution in [1.29, 1.82) is 0 Å². The van der Waals surface area contributed by atoms with Crippen LogP contribution in [0.2, 0.25) is 0 Å². The van der Waals surface area contributed by atoms with Gasteiger partial charge in [0.05, 0.1) is 6.10 Å². The lowest BCUT2D eigenvalue weighted by Gasteiger charge is -2.52. The summed E-state index contributed by atoms with van der Waals surface area (Å²) in [6, 6.07) is -0.0482. The van der Waals surface area contributed by atoms with Crippen molar-refractivity contribution in [1.82, 2.24) is 0 Å². The van der Waals surface area contributed by atoms with E-state index in [0.29, 0.717) is 6.42 Å². The van der Waals surface area contributed by atoms with Crippen LogP contribution in [0.15, 0.2) is 0 Å². The maximum absolute atomic E-state index is 12.3. The number of rotatable bonds is 3. The van der Waals surface area contributed by atoms with E-state index >= 15 is 0 Å². The Balaban J connectivity index is 2.55. The van der Waals surface area contributed by atoms with Gasteiger partial charge in [0.15, 0.2) is 6.10 Å². The second-order valence-corrected chi connectivity index (χ2v) is 4.51. The van der Waals surface area contributed by atoms with Crippen molar-refractivity contribution in [2.24, 2.45) is 11.1 Å². The third kappa shape index (κ3) is 2.28. The summed E-state index contributed by atoms with van der Waals surface area (Å²) in [4.78, 5) is 0. The molecule has 4 atom stereocenters. The third-order valence-corrected chi connectivity index (χ3v) is 3.64. The van der Waals surface area contributed by atoms with Crippen LogP contribution in [0.1, 0.15) is 33.6 Å². The predicted molar refractivity (Wildman–Crippen MR) is 51.4 cm³/mol. The van der Waals surface area contributed by atoms with Gasteiger partial charge >= 0.3 is 6.18 Å². The van der Waals surface area contributed by atoms with E-state index in [1.165, 1.54) is 0 Å². The molecule has 0 heterocycles. The third-order valence-electron chi connectivity index (χ3n) is 3.64. The van der Waals surface area contributed by atoms with Crippen LogP contribution in [0, 0.1) is 5.41 Å². The summed E-state index contributed by atoms with van der Waals surface area (Å²) in [5, 5.41) is 0. The first-order valence-electron chi connectivity index (χ1n) is 5.19. The molecule has 0 aromatic heterocycles. The van der Waals surface area contributed by atoms with Gasteiger partial charge in [-0.2, -0.15) is 13.2 Å². The first-order valence-corrected chi connectivity index (χ1v) is 5.19. The van der Waals surface area contributed by atoms with E-state index in [2.05, 4.69) is 0 Å². The molecule has 5 heteroatoms. The zero-order valence-electron chi connectivity index (χ0n) is 9.27. The van der Waals surface area contributed by atoms with E-state index in [-0.39, 0.29) is 17.6 Å². The molecule has 1 saturated carbocycles. The van der Waals surface area contributed by atoms with E-state index in [0.717, 1.165) is 13.3 Å². The number of hydrogen-bond acceptors (Lipinski definition) is 2. The average molecular weight is 225 g/mol. The second kappa shape index (κ2) is 3.94. The maximum atomic E-state index is 12.3. The number of halogens is 3. The van der Waals surface area contributed by atoms with Gasteiger partial charge in [0.25, 0.3) is 0 Å². The smallest absolute Gasteiger partial charge is 0.365 e. The minimum absolute atomic E-state index is 0.0482. The number of nitrogens with two attached hydrogens (primary N) is 1. The lowest BCUT2D eigenvalue weighted by atomic mass is 9.62. The quantitative estimate of drug-likeness (QED) is 0.800. The highest BCUT2D eigenvalue weighted by Gasteiger charge is 2.52. The van der Waals surface area contributed by atoms with Crippen LogP contribution >= 0.6 is 0 Å². The minimum atomic E-state index is -4.28. The minimum Gasteiger partial charge on any atom is -0.365 e. The molecule has 1 fully saturated rings. The molecule has 0 spiro atoms. The Morgan fingerprint density at radius 3 is 2.40 bits per heavy atom. The molecule has 2 nitrogen and oxygen atoms in total. The number of ether oxygens (including phenoxy) is 1. The lowest BCUT2D eigenvalue weighted by Crippen LogP contribution is -2.61. The van der Waals surface area contributed by atoms with Crippen molar-refractivity contribution in [2.75, 3.05) is 0 Å². The molecule has 4 unspecified atom stereocenters. The molecule has 1 rings (SSSR count). The molecule has 0 aliphatic heterocycles. The van der Waals surface area contributed by atoms with Gasteiger partial charge in [0.1, 0.15) is 0 Å². The van der Waals surface area contributed by atoms with Crippen LogP contribution in [0.5, 0.6) is 0 Å². The van der Waals surface area contributed by atoms with Crippen LogP contribution < -0.4 is 5.73 Å². The summed E-state index contributed by atoms with van der Waals surface area (Å²) in [6.45, 7) is 4.85. The highest BCUT2D eigenvalue weighted by atomic mass is 19.4. The fourth-order valence-electron chi connectivity index (χ4n) is 1.87. The van der Waals surface area contributed by atoms with Crippen LogP contribution in [-0.2, 0) is 4.74 Å². The summed E-state index contributed by atoms with van der Waals surface area (Å²) in [6.07, 6.45) is -5.10. The van der Waals surface area contributed by atoms with Gasteiger partial charge in [-0.15, -0.1) is 0 Å². The van der Waals surface area contributed by atoms with Gasteiger partial charge in [-0.25, -0.2) is 0 Å². The Hall–Kier alpha value is -0.290. The van der Waals surface area contributed by atoms with E-state index in [1.807, 2.05) is 13.8 Å². The zero-order chi connectivity index (χ0) is 11.9. The van der Waals surface area contributed by atoms with E-state index in [9.17, 15) is 13.2 Å². The Kier molecular flexibility index (Phi) is 3.36. The van der Waals surface area contributed by atoms with Gasteiger partial charge in [0.2, 0.25) is 0 Å². The molecule has 1 aliphatic rings. The molecule has 0 aromatic rings. The van der Waals surface area contributed by atoms with Crippen LogP contribution in [0.4, 0.5) is 13.2 Å². The van der Waals surface area contributed by atoms with Crippen LogP contribution in [-0.4, -0.2) is 24.4 Å².